The largest absolute Gasteiger partial charge is 0.481 e. The third kappa shape index (κ3) is 7.74. The zero-order valence-corrected chi connectivity index (χ0v) is 20.3. The normalized spacial score (nSPS) is 13.1. The smallest absolute Gasteiger partial charge is 0.417 e. The van der Waals surface area contributed by atoms with Gasteiger partial charge in [-0.25, -0.2) is 4.39 Å². The van der Waals surface area contributed by atoms with E-state index in [9.17, 15) is 32.3 Å². The van der Waals surface area contributed by atoms with Crippen LogP contribution in [0.5, 0.6) is 0 Å². The molecule has 6 nitrogen and oxygen atoms in total. The molecule has 0 spiro atoms. The molecule has 1 heterocycles. The number of carbonyl (C=O) groups excluding carboxylic acids is 1. The number of aromatic nitrogens is 1. The molecule has 3 aromatic rings. The number of carboxylic acids is 1. The van der Waals surface area contributed by atoms with E-state index in [2.05, 4.69) is 10.3 Å². The van der Waals surface area contributed by atoms with Crippen LogP contribution in [0.3, 0.4) is 0 Å². The van der Waals surface area contributed by atoms with Crippen molar-refractivity contribution in [1.82, 2.24) is 10.3 Å². The Morgan fingerprint density at radius 2 is 1.81 bits per heavy atom. The minimum absolute atomic E-state index is 0.0137. The van der Waals surface area contributed by atoms with Crippen molar-refractivity contribution in [2.45, 2.75) is 25.1 Å². The number of ether oxygens (including phenoxy) is 1. The molecule has 0 bridgehead atoms. The lowest BCUT2D eigenvalue weighted by atomic mass is 9.94. The van der Waals surface area contributed by atoms with Crippen LogP contribution in [0, 0.1) is 11.7 Å². The second-order valence-corrected chi connectivity index (χ2v) is 8.79. The molecule has 37 heavy (non-hydrogen) atoms. The van der Waals surface area contributed by atoms with Crippen LogP contribution >= 0.6 is 11.6 Å². The van der Waals surface area contributed by atoms with Crippen molar-refractivity contribution in [1.29, 1.82) is 0 Å². The summed E-state index contributed by atoms with van der Waals surface area (Å²) in [5.41, 5.74) is 0.342. The fourth-order valence-electron chi connectivity index (χ4n) is 3.76. The number of pyridine rings is 1. The molecule has 1 amide bonds. The average Bonchev–Trinajstić information content (AvgIpc) is 2.85. The number of hydrogen-bond donors (Lipinski definition) is 2. The van der Waals surface area contributed by atoms with E-state index in [1.165, 1.54) is 25.3 Å². The Morgan fingerprint density at radius 3 is 2.38 bits per heavy atom. The van der Waals surface area contributed by atoms with Gasteiger partial charge in [0.2, 0.25) is 0 Å². The number of methoxy groups -OCH3 is 1. The van der Waals surface area contributed by atoms with Crippen LogP contribution < -0.4 is 5.32 Å². The van der Waals surface area contributed by atoms with Crippen molar-refractivity contribution in [2.24, 2.45) is 5.92 Å². The minimum atomic E-state index is -4.60. The van der Waals surface area contributed by atoms with Gasteiger partial charge in [-0.2, -0.15) is 13.2 Å². The lowest BCUT2D eigenvalue weighted by Gasteiger charge is -2.22. The summed E-state index contributed by atoms with van der Waals surface area (Å²) < 4.78 is 57.6. The third-order valence-electron chi connectivity index (χ3n) is 5.62. The summed E-state index contributed by atoms with van der Waals surface area (Å²) >= 11 is 5.97. The average molecular weight is 539 g/mol. The summed E-state index contributed by atoms with van der Waals surface area (Å²) in [4.78, 5) is 28.0. The number of alkyl halides is 3. The summed E-state index contributed by atoms with van der Waals surface area (Å²) in [6, 6.07) is 11.9. The lowest BCUT2D eigenvalue weighted by molar-refractivity contribution is -0.144. The molecular weight excluding hydrogens is 516 g/mol. The van der Waals surface area contributed by atoms with Gasteiger partial charge in [0.15, 0.2) is 0 Å². The summed E-state index contributed by atoms with van der Waals surface area (Å²) in [6.07, 6.45) is -3.86. The Morgan fingerprint density at radius 1 is 1.11 bits per heavy atom. The fourth-order valence-corrected chi connectivity index (χ4v) is 3.93. The molecule has 0 aliphatic rings. The van der Waals surface area contributed by atoms with E-state index in [1.54, 1.807) is 24.3 Å². The van der Waals surface area contributed by atoms with Crippen molar-refractivity contribution in [3.63, 3.8) is 0 Å². The molecule has 3 rings (SSSR count). The number of nitrogens with one attached hydrogen (secondary N) is 1. The highest BCUT2D eigenvalue weighted by atomic mass is 35.5. The van der Waals surface area contributed by atoms with Crippen molar-refractivity contribution >= 4 is 23.5 Å². The van der Waals surface area contributed by atoms with E-state index in [4.69, 9.17) is 16.3 Å². The highest BCUT2D eigenvalue weighted by Gasteiger charge is 2.31. The predicted molar refractivity (Wildman–Crippen MR) is 129 cm³/mol. The first kappa shape index (κ1) is 28.1. The van der Waals surface area contributed by atoms with Crippen molar-refractivity contribution in [3.8, 4) is 11.1 Å². The van der Waals surface area contributed by atoms with Gasteiger partial charge < -0.3 is 15.2 Å². The number of amides is 1. The minimum Gasteiger partial charge on any atom is -0.481 e. The first-order valence-corrected chi connectivity index (χ1v) is 11.5. The summed E-state index contributed by atoms with van der Waals surface area (Å²) in [5.74, 6) is -3.27. The monoisotopic (exact) mass is 538 g/mol. The van der Waals surface area contributed by atoms with Crippen LogP contribution in [0.4, 0.5) is 17.6 Å². The standard InChI is InChI=1S/C26H23ClF4N2O4/c1-37-14-17(25(35)36)11-20(33-24(34)23-9-6-18(13-32-23)26(29,30)31)10-15-2-4-16(5-3-15)21-12-19(27)7-8-22(21)28/h2-9,12-13,17,20H,10-11,14H2,1H3,(H,33,34)(H,35,36)/t17-,20+/m0/s1. The van der Waals surface area contributed by atoms with E-state index in [1.807, 2.05) is 0 Å². The molecule has 2 aromatic carbocycles. The van der Waals surface area contributed by atoms with Crippen molar-refractivity contribution < 1.29 is 37.0 Å². The molecule has 0 fully saturated rings. The molecule has 2 atom stereocenters. The van der Waals surface area contributed by atoms with Gasteiger partial charge in [0, 0.05) is 29.9 Å². The third-order valence-corrected chi connectivity index (χ3v) is 5.86. The number of carboxylic acid groups (broad SMARTS) is 1. The van der Waals surface area contributed by atoms with E-state index in [0.29, 0.717) is 27.9 Å². The van der Waals surface area contributed by atoms with Crippen molar-refractivity contribution in [3.05, 3.63) is 88.5 Å². The van der Waals surface area contributed by atoms with Crippen LogP contribution in [0.2, 0.25) is 5.02 Å². The highest BCUT2D eigenvalue weighted by molar-refractivity contribution is 6.30. The predicted octanol–water partition coefficient (Wildman–Crippen LogP) is 5.64. The summed E-state index contributed by atoms with van der Waals surface area (Å²) in [6.45, 7) is -0.104. The van der Waals surface area contributed by atoms with Crippen LogP contribution in [0.1, 0.15) is 28.0 Å². The highest BCUT2D eigenvalue weighted by Crippen LogP contribution is 2.29. The van der Waals surface area contributed by atoms with Crippen LogP contribution in [0.15, 0.2) is 60.8 Å². The number of nitrogens with zero attached hydrogens (tertiary/aromatic N) is 1. The van der Waals surface area contributed by atoms with Gasteiger partial charge in [0.25, 0.3) is 5.91 Å². The molecular formula is C26H23ClF4N2O4. The van der Waals surface area contributed by atoms with Gasteiger partial charge in [-0.3, -0.25) is 14.6 Å². The van der Waals surface area contributed by atoms with Crippen LogP contribution in [-0.4, -0.2) is 41.7 Å². The number of carbonyl (C=O) groups is 2. The number of aliphatic carboxylic acids is 1. The number of benzene rings is 2. The summed E-state index contributed by atoms with van der Waals surface area (Å²) in [5, 5.41) is 12.6. The Labute approximate surface area is 215 Å². The Hall–Kier alpha value is -3.50. The van der Waals surface area contributed by atoms with E-state index in [0.717, 1.165) is 12.1 Å². The van der Waals surface area contributed by atoms with Gasteiger partial charge in [-0.05, 0) is 54.3 Å². The summed E-state index contributed by atoms with van der Waals surface area (Å²) in [7, 11) is 1.35. The van der Waals surface area contributed by atoms with Gasteiger partial charge >= 0.3 is 12.1 Å². The van der Waals surface area contributed by atoms with Crippen molar-refractivity contribution in [2.75, 3.05) is 13.7 Å². The Bertz CT molecular complexity index is 1230. The fraction of sp³-hybridized carbons (Fsp3) is 0.269. The topological polar surface area (TPSA) is 88.5 Å². The molecule has 1 aromatic heterocycles. The van der Waals surface area contributed by atoms with E-state index in [-0.39, 0.29) is 25.1 Å². The molecule has 0 saturated heterocycles. The molecule has 2 N–H and O–H groups in total. The zero-order valence-electron chi connectivity index (χ0n) is 19.6. The van der Waals surface area contributed by atoms with E-state index >= 15 is 0 Å². The van der Waals surface area contributed by atoms with Gasteiger partial charge in [0.1, 0.15) is 11.5 Å². The molecule has 0 radical (unpaired) electrons. The second-order valence-electron chi connectivity index (χ2n) is 8.35. The molecule has 0 aliphatic heterocycles. The SMILES string of the molecule is COC[C@H](C[C@@H](Cc1ccc(-c2cc(Cl)ccc2F)cc1)NC(=O)c1ccc(C(F)(F)F)cn1)C(=O)O. The second kappa shape index (κ2) is 12.2. The quantitative estimate of drug-likeness (QED) is 0.326. The number of hydrogen-bond acceptors (Lipinski definition) is 4. The first-order valence-electron chi connectivity index (χ1n) is 11.1. The number of halogens is 5. The molecule has 196 valence electrons. The molecule has 0 saturated carbocycles. The maximum absolute atomic E-state index is 14.2. The Balaban J connectivity index is 1.81. The first-order chi connectivity index (χ1) is 17.5. The van der Waals surface area contributed by atoms with Gasteiger partial charge in [-0.1, -0.05) is 35.9 Å². The Kier molecular flexibility index (Phi) is 9.23. The maximum Gasteiger partial charge on any atom is 0.417 e. The molecule has 0 unspecified atom stereocenters. The van der Waals surface area contributed by atoms with E-state index < -0.39 is 41.4 Å². The number of rotatable bonds is 10. The van der Waals surface area contributed by atoms with Crippen LogP contribution in [-0.2, 0) is 22.1 Å². The van der Waals surface area contributed by atoms with Crippen LogP contribution in [0.25, 0.3) is 11.1 Å². The lowest BCUT2D eigenvalue weighted by Crippen LogP contribution is -2.40. The maximum atomic E-state index is 14.2. The van der Waals surface area contributed by atoms with Gasteiger partial charge in [-0.15, -0.1) is 0 Å². The zero-order chi connectivity index (χ0) is 27.2. The van der Waals surface area contributed by atoms with Gasteiger partial charge in [0.05, 0.1) is 18.1 Å². The molecule has 0 aliphatic carbocycles. The molecule has 11 heteroatoms.